The number of anilines is 3. The molecule has 2 heterocycles. The van der Waals surface area contributed by atoms with Crippen molar-refractivity contribution in [3.63, 3.8) is 0 Å². The van der Waals surface area contributed by atoms with Crippen molar-refractivity contribution in [2.75, 3.05) is 17.7 Å². The third-order valence-electron chi connectivity index (χ3n) is 1.71. The molecule has 0 fully saturated rings. The average Bonchev–Trinajstić information content (AvgIpc) is 2.76. The molecule has 0 saturated heterocycles. The van der Waals surface area contributed by atoms with Gasteiger partial charge < -0.3 is 9.73 Å². The molecule has 2 aromatic rings. The van der Waals surface area contributed by atoms with Gasteiger partial charge in [-0.25, -0.2) is 0 Å². The van der Waals surface area contributed by atoms with Gasteiger partial charge in [-0.3, -0.25) is 10.3 Å². The zero-order valence-electron chi connectivity index (χ0n) is 7.96. The summed E-state index contributed by atoms with van der Waals surface area (Å²) in [6, 6.07) is 3.70. The van der Waals surface area contributed by atoms with Crippen LogP contribution in [0, 0.1) is 6.92 Å². The first-order valence-electron chi connectivity index (χ1n) is 4.22. The Morgan fingerprint density at radius 3 is 2.64 bits per heavy atom. The van der Waals surface area contributed by atoms with Gasteiger partial charge in [0.25, 0.3) is 0 Å². The Morgan fingerprint density at radius 2 is 2.07 bits per heavy atom. The van der Waals surface area contributed by atoms with E-state index in [1.165, 1.54) is 0 Å². The second-order valence-electron chi connectivity index (χ2n) is 2.81. The third-order valence-corrected chi connectivity index (χ3v) is 1.71. The number of aryl methyl sites for hydroxylation is 1. The molecule has 0 spiro atoms. The fourth-order valence-electron chi connectivity index (χ4n) is 1.05. The van der Waals surface area contributed by atoms with Crippen LogP contribution in [-0.4, -0.2) is 22.2 Å². The topological polar surface area (TPSA) is 78.8 Å². The molecule has 0 aliphatic heterocycles. The van der Waals surface area contributed by atoms with Gasteiger partial charge in [-0.2, -0.15) is 0 Å². The van der Waals surface area contributed by atoms with Crippen LogP contribution < -0.4 is 10.6 Å². The number of hydrogen-bond donors (Lipinski definition) is 3. The molecule has 74 valence electrons. The van der Waals surface area contributed by atoms with Gasteiger partial charge >= 0.3 is 0 Å². The zero-order chi connectivity index (χ0) is 9.97. The standard InChI is InChI=1S/C8H11N5O/c1-5-3-4-6(14-5)10-8-11-7(9-2)12-13-8/h3-4H,1-2H3,(H3,9,10,11,12,13). The maximum atomic E-state index is 5.31. The molecule has 2 aromatic heterocycles. The van der Waals surface area contributed by atoms with Gasteiger partial charge in [0.2, 0.25) is 11.9 Å². The highest BCUT2D eigenvalue weighted by atomic mass is 16.4. The minimum atomic E-state index is 0.545. The first kappa shape index (κ1) is 8.61. The summed E-state index contributed by atoms with van der Waals surface area (Å²) < 4.78 is 5.31. The SMILES string of the molecule is CNc1nnc(Nc2ccc(C)o2)[nH]1. The number of aromatic nitrogens is 3. The quantitative estimate of drug-likeness (QED) is 0.688. The lowest BCUT2D eigenvalue weighted by molar-refractivity contribution is 0.550. The Bertz CT molecular complexity index is 419. The van der Waals surface area contributed by atoms with E-state index < -0.39 is 0 Å². The molecule has 0 aliphatic rings. The Kier molecular flexibility index (Phi) is 2.10. The van der Waals surface area contributed by atoms with Gasteiger partial charge in [0.15, 0.2) is 5.88 Å². The van der Waals surface area contributed by atoms with Crippen molar-refractivity contribution in [1.82, 2.24) is 15.2 Å². The van der Waals surface area contributed by atoms with Crippen LogP contribution in [0.1, 0.15) is 5.76 Å². The maximum absolute atomic E-state index is 5.31. The fourth-order valence-corrected chi connectivity index (χ4v) is 1.05. The van der Waals surface area contributed by atoms with Gasteiger partial charge in [-0.1, -0.05) is 0 Å². The van der Waals surface area contributed by atoms with Crippen LogP contribution in [0.4, 0.5) is 17.8 Å². The molecule has 6 heteroatoms. The summed E-state index contributed by atoms with van der Waals surface area (Å²) in [7, 11) is 1.77. The summed E-state index contributed by atoms with van der Waals surface area (Å²) in [6.45, 7) is 1.88. The van der Waals surface area contributed by atoms with E-state index >= 15 is 0 Å². The van der Waals surface area contributed by atoms with E-state index in [1.807, 2.05) is 19.1 Å². The summed E-state index contributed by atoms with van der Waals surface area (Å²) in [5.41, 5.74) is 0. The summed E-state index contributed by atoms with van der Waals surface area (Å²) in [6.07, 6.45) is 0. The summed E-state index contributed by atoms with van der Waals surface area (Å²) >= 11 is 0. The van der Waals surface area contributed by atoms with Crippen molar-refractivity contribution >= 4 is 17.8 Å². The molecule has 0 amide bonds. The monoisotopic (exact) mass is 193 g/mol. The Balaban J connectivity index is 2.10. The summed E-state index contributed by atoms with van der Waals surface area (Å²) in [4.78, 5) is 2.92. The normalized spacial score (nSPS) is 10.1. The van der Waals surface area contributed by atoms with Crippen molar-refractivity contribution < 1.29 is 4.42 Å². The minimum absolute atomic E-state index is 0.545. The van der Waals surface area contributed by atoms with E-state index in [1.54, 1.807) is 7.05 Å². The molecule has 0 unspecified atom stereocenters. The van der Waals surface area contributed by atoms with Gasteiger partial charge in [0.1, 0.15) is 5.76 Å². The molecular formula is C8H11N5O. The lowest BCUT2D eigenvalue weighted by Gasteiger charge is -1.95. The molecule has 6 nitrogen and oxygen atoms in total. The Hall–Kier alpha value is -1.98. The van der Waals surface area contributed by atoms with E-state index in [-0.39, 0.29) is 0 Å². The minimum Gasteiger partial charge on any atom is -0.446 e. The number of nitrogens with zero attached hydrogens (tertiary/aromatic N) is 2. The van der Waals surface area contributed by atoms with Crippen molar-refractivity contribution in [2.45, 2.75) is 6.92 Å². The van der Waals surface area contributed by atoms with E-state index in [0.717, 1.165) is 5.76 Å². The number of furan rings is 1. The van der Waals surface area contributed by atoms with Crippen LogP contribution in [0.15, 0.2) is 16.5 Å². The Morgan fingerprint density at radius 1 is 1.29 bits per heavy atom. The van der Waals surface area contributed by atoms with E-state index in [9.17, 15) is 0 Å². The number of aromatic amines is 1. The largest absolute Gasteiger partial charge is 0.446 e. The summed E-state index contributed by atoms with van der Waals surface area (Å²) in [5.74, 6) is 2.64. The fraction of sp³-hybridized carbons (Fsp3) is 0.250. The van der Waals surface area contributed by atoms with Crippen molar-refractivity contribution in [2.24, 2.45) is 0 Å². The highest BCUT2D eigenvalue weighted by molar-refractivity contribution is 5.47. The van der Waals surface area contributed by atoms with Crippen LogP contribution in [0.2, 0.25) is 0 Å². The van der Waals surface area contributed by atoms with E-state index in [2.05, 4.69) is 25.8 Å². The average molecular weight is 193 g/mol. The van der Waals surface area contributed by atoms with Gasteiger partial charge in [-0.05, 0) is 13.0 Å². The van der Waals surface area contributed by atoms with Crippen molar-refractivity contribution in [1.29, 1.82) is 0 Å². The molecule has 14 heavy (non-hydrogen) atoms. The first-order valence-corrected chi connectivity index (χ1v) is 4.22. The third kappa shape index (κ3) is 1.68. The predicted molar refractivity (Wildman–Crippen MR) is 52.7 cm³/mol. The van der Waals surface area contributed by atoms with E-state index in [4.69, 9.17) is 4.42 Å². The molecular weight excluding hydrogens is 182 g/mol. The van der Waals surface area contributed by atoms with Crippen LogP contribution in [0.25, 0.3) is 0 Å². The number of H-pyrrole nitrogens is 1. The second-order valence-corrected chi connectivity index (χ2v) is 2.81. The number of rotatable bonds is 3. The maximum Gasteiger partial charge on any atom is 0.230 e. The van der Waals surface area contributed by atoms with Crippen LogP contribution in [-0.2, 0) is 0 Å². The highest BCUT2D eigenvalue weighted by Gasteiger charge is 2.03. The highest BCUT2D eigenvalue weighted by Crippen LogP contribution is 2.16. The molecule has 2 rings (SSSR count). The van der Waals surface area contributed by atoms with Crippen molar-refractivity contribution in [3.8, 4) is 0 Å². The number of hydrogen-bond acceptors (Lipinski definition) is 5. The van der Waals surface area contributed by atoms with Crippen LogP contribution in [0.3, 0.4) is 0 Å². The van der Waals surface area contributed by atoms with Crippen LogP contribution >= 0.6 is 0 Å². The van der Waals surface area contributed by atoms with Crippen molar-refractivity contribution in [3.05, 3.63) is 17.9 Å². The molecule has 0 aromatic carbocycles. The molecule has 0 aliphatic carbocycles. The molecule has 0 radical (unpaired) electrons. The predicted octanol–water partition coefficient (Wildman–Crippen LogP) is 1.49. The number of nitrogens with one attached hydrogen (secondary N) is 3. The molecule has 0 saturated carbocycles. The van der Waals surface area contributed by atoms with Gasteiger partial charge in [0.05, 0.1) is 0 Å². The first-order chi connectivity index (χ1) is 6.78. The Labute approximate surface area is 80.7 Å². The van der Waals surface area contributed by atoms with E-state index in [0.29, 0.717) is 17.8 Å². The lowest BCUT2D eigenvalue weighted by atomic mass is 10.5. The lowest BCUT2D eigenvalue weighted by Crippen LogP contribution is -1.91. The van der Waals surface area contributed by atoms with Gasteiger partial charge in [0, 0.05) is 13.1 Å². The molecule has 0 bridgehead atoms. The smallest absolute Gasteiger partial charge is 0.230 e. The van der Waals surface area contributed by atoms with Crippen LogP contribution in [0.5, 0.6) is 0 Å². The second kappa shape index (κ2) is 3.41. The zero-order valence-corrected chi connectivity index (χ0v) is 7.96. The summed E-state index contributed by atoms with van der Waals surface area (Å²) in [5, 5.41) is 13.5. The molecule has 0 atom stereocenters. The van der Waals surface area contributed by atoms with Gasteiger partial charge in [-0.15, -0.1) is 10.2 Å². The molecule has 3 N–H and O–H groups in total.